The number of benzene rings is 1. The Kier molecular flexibility index (Phi) is 3.86. The molecule has 2 aliphatic rings. The molecule has 1 aromatic rings. The van der Waals surface area contributed by atoms with Crippen molar-refractivity contribution in [2.45, 2.75) is 71.3 Å². The highest BCUT2D eigenvalue weighted by atomic mass is 16.5. The molecule has 114 valence electrons. The van der Waals surface area contributed by atoms with Crippen molar-refractivity contribution < 1.29 is 4.74 Å². The Labute approximate surface area is 129 Å². The van der Waals surface area contributed by atoms with Crippen LogP contribution in [0.1, 0.15) is 70.4 Å². The topological polar surface area (TPSA) is 9.23 Å². The van der Waals surface area contributed by atoms with Crippen LogP contribution in [0.4, 0.5) is 0 Å². The van der Waals surface area contributed by atoms with Crippen LogP contribution in [0.15, 0.2) is 29.8 Å². The summed E-state index contributed by atoms with van der Waals surface area (Å²) in [6.07, 6.45) is 8.69. The Hall–Kier alpha value is -1.24. The molecular formula is C20H28O. The normalized spacial score (nSPS) is 25.8. The maximum Gasteiger partial charge on any atom is 0.124 e. The zero-order valence-electron chi connectivity index (χ0n) is 13.9. The molecule has 1 aromatic carbocycles. The van der Waals surface area contributed by atoms with Gasteiger partial charge in [0.2, 0.25) is 0 Å². The molecular weight excluding hydrogens is 256 g/mol. The van der Waals surface area contributed by atoms with Gasteiger partial charge < -0.3 is 4.74 Å². The van der Waals surface area contributed by atoms with Crippen LogP contribution >= 0.6 is 0 Å². The van der Waals surface area contributed by atoms with Crippen molar-refractivity contribution in [3.63, 3.8) is 0 Å². The molecule has 0 aromatic heterocycles. The average Bonchev–Trinajstić information content (AvgIpc) is 2.81. The lowest BCUT2D eigenvalue weighted by Crippen LogP contribution is -2.42. The number of aryl methyl sites for hydroxylation is 1. The van der Waals surface area contributed by atoms with E-state index in [0.717, 1.165) is 5.75 Å². The summed E-state index contributed by atoms with van der Waals surface area (Å²) in [7, 11) is 0. The fraction of sp³-hybridized carbons (Fsp3) is 0.600. The van der Waals surface area contributed by atoms with Gasteiger partial charge in [0.1, 0.15) is 11.4 Å². The molecule has 0 spiro atoms. The molecule has 1 aliphatic carbocycles. The van der Waals surface area contributed by atoms with Gasteiger partial charge in [0.25, 0.3) is 0 Å². The Morgan fingerprint density at radius 3 is 2.81 bits per heavy atom. The second-order valence-electron chi connectivity index (χ2n) is 7.38. The molecule has 3 rings (SSSR count). The largest absolute Gasteiger partial charge is 0.487 e. The summed E-state index contributed by atoms with van der Waals surface area (Å²) in [6, 6.07) is 6.93. The Bertz CT molecular complexity index is 553. The van der Waals surface area contributed by atoms with E-state index >= 15 is 0 Å². The van der Waals surface area contributed by atoms with E-state index in [0.29, 0.717) is 11.8 Å². The van der Waals surface area contributed by atoms with Crippen LogP contribution in [0.3, 0.4) is 0 Å². The first-order valence-electron chi connectivity index (χ1n) is 8.50. The van der Waals surface area contributed by atoms with E-state index in [9.17, 15) is 0 Å². The summed E-state index contributed by atoms with van der Waals surface area (Å²) in [4.78, 5) is 0. The maximum absolute atomic E-state index is 6.40. The third-order valence-corrected chi connectivity index (χ3v) is 5.21. The molecule has 2 atom stereocenters. The van der Waals surface area contributed by atoms with Crippen molar-refractivity contribution in [1.29, 1.82) is 0 Å². The van der Waals surface area contributed by atoms with E-state index in [2.05, 4.69) is 52.0 Å². The molecule has 2 unspecified atom stereocenters. The molecule has 0 amide bonds. The van der Waals surface area contributed by atoms with Crippen molar-refractivity contribution in [2.75, 3.05) is 0 Å². The quantitative estimate of drug-likeness (QED) is 0.513. The molecule has 1 nitrogen and oxygen atoms in total. The van der Waals surface area contributed by atoms with Gasteiger partial charge in [-0.15, -0.1) is 0 Å². The average molecular weight is 284 g/mol. The molecule has 0 fully saturated rings. The number of unbranched alkanes of at least 4 members (excludes halogenated alkanes) is 2. The first-order chi connectivity index (χ1) is 10.0. The fourth-order valence-electron chi connectivity index (χ4n) is 3.99. The van der Waals surface area contributed by atoms with Crippen LogP contribution < -0.4 is 4.74 Å². The van der Waals surface area contributed by atoms with Gasteiger partial charge >= 0.3 is 0 Å². The minimum Gasteiger partial charge on any atom is -0.487 e. The van der Waals surface area contributed by atoms with Gasteiger partial charge in [-0.1, -0.05) is 43.5 Å². The molecule has 1 heterocycles. The van der Waals surface area contributed by atoms with Crippen LogP contribution in [-0.2, 0) is 6.42 Å². The lowest BCUT2D eigenvalue weighted by atomic mass is 9.75. The zero-order chi connectivity index (χ0) is 15.0. The maximum atomic E-state index is 6.40. The Morgan fingerprint density at radius 1 is 1.24 bits per heavy atom. The number of ether oxygens (including phenoxy) is 1. The van der Waals surface area contributed by atoms with Crippen molar-refractivity contribution >= 4 is 0 Å². The predicted molar refractivity (Wildman–Crippen MR) is 89.0 cm³/mol. The monoisotopic (exact) mass is 284 g/mol. The summed E-state index contributed by atoms with van der Waals surface area (Å²) < 4.78 is 6.40. The lowest BCUT2D eigenvalue weighted by Gasteiger charge is -2.42. The summed E-state index contributed by atoms with van der Waals surface area (Å²) in [6.45, 7) is 9.02. The number of rotatable bonds is 4. The van der Waals surface area contributed by atoms with Crippen molar-refractivity contribution in [3.8, 4) is 5.75 Å². The van der Waals surface area contributed by atoms with E-state index in [4.69, 9.17) is 4.74 Å². The van der Waals surface area contributed by atoms with Crippen molar-refractivity contribution in [3.05, 3.63) is 41.0 Å². The molecule has 0 saturated heterocycles. The number of allylic oxidation sites excluding steroid dienone is 2. The van der Waals surface area contributed by atoms with Gasteiger partial charge in [-0.2, -0.15) is 0 Å². The zero-order valence-corrected chi connectivity index (χ0v) is 13.9. The van der Waals surface area contributed by atoms with Crippen LogP contribution in [0.2, 0.25) is 0 Å². The summed E-state index contributed by atoms with van der Waals surface area (Å²) >= 11 is 0. The second-order valence-corrected chi connectivity index (χ2v) is 7.38. The van der Waals surface area contributed by atoms with E-state index in [-0.39, 0.29) is 5.60 Å². The Morgan fingerprint density at radius 2 is 2.05 bits per heavy atom. The van der Waals surface area contributed by atoms with Gasteiger partial charge in [0, 0.05) is 17.4 Å². The number of hydrogen-bond donors (Lipinski definition) is 0. The first kappa shape index (κ1) is 14.7. The molecule has 1 aliphatic heterocycles. The lowest BCUT2D eigenvalue weighted by molar-refractivity contribution is 0.0233. The van der Waals surface area contributed by atoms with Gasteiger partial charge in [0.15, 0.2) is 0 Å². The molecule has 0 bridgehead atoms. The van der Waals surface area contributed by atoms with Gasteiger partial charge in [-0.05, 0) is 51.7 Å². The molecule has 0 radical (unpaired) electrons. The van der Waals surface area contributed by atoms with Crippen molar-refractivity contribution in [2.24, 2.45) is 5.92 Å². The van der Waals surface area contributed by atoms with Crippen LogP contribution in [0.25, 0.3) is 0 Å². The molecule has 1 heteroatoms. The SMILES string of the molecule is CCCCCc1ccc2c(c1)OC(C)(C)C1CC(C)=CC21. The highest BCUT2D eigenvalue weighted by Crippen LogP contribution is 2.51. The number of hydrogen-bond acceptors (Lipinski definition) is 1. The minimum absolute atomic E-state index is 0.0615. The van der Waals surface area contributed by atoms with E-state index in [1.54, 1.807) is 0 Å². The minimum atomic E-state index is -0.0615. The highest BCUT2D eigenvalue weighted by Gasteiger charge is 2.45. The fourth-order valence-corrected chi connectivity index (χ4v) is 3.99. The van der Waals surface area contributed by atoms with E-state index < -0.39 is 0 Å². The first-order valence-corrected chi connectivity index (χ1v) is 8.50. The summed E-state index contributed by atoms with van der Waals surface area (Å²) in [5, 5.41) is 0. The second kappa shape index (κ2) is 5.51. The smallest absolute Gasteiger partial charge is 0.124 e. The van der Waals surface area contributed by atoms with E-state index in [1.807, 2.05) is 0 Å². The van der Waals surface area contributed by atoms with E-state index in [1.165, 1.54) is 48.8 Å². The molecule has 0 saturated carbocycles. The Balaban J connectivity index is 1.88. The van der Waals surface area contributed by atoms with Gasteiger partial charge in [-0.3, -0.25) is 0 Å². The van der Waals surface area contributed by atoms with Crippen LogP contribution in [0, 0.1) is 5.92 Å². The predicted octanol–water partition coefficient (Wildman–Crippen LogP) is 5.64. The highest BCUT2D eigenvalue weighted by molar-refractivity contribution is 5.47. The van der Waals surface area contributed by atoms with Gasteiger partial charge in [0.05, 0.1) is 0 Å². The molecule has 0 N–H and O–H groups in total. The third-order valence-electron chi connectivity index (χ3n) is 5.21. The summed E-state index contributed by atoms with van der Waals surface area (Å²) in [5.41, 5.74) is 4.28. The molecule has 21 heavy (non-hydrogen) atoms. The standard InChI is InChI=1S/C20H28O/c1-5-6-7-8-15-9-10-16-17-11-14(2)12-18(17)20(3,4)21-19(16)13-15/h9-11,13,17-18H,5-8,12H2,1-4H3. The summed E-state index contributed by atoms with van der Waals surface area (Å²) in [5.74, 6) is 2.27. The van der Waals surface area contributed by atoms with Gasteiger partial charge in [-0.25, -0.2) is 0 Å². The van der Waals surface area contributed by atoms with Crippen LogP contribution in [-0.4, -0.2) is 5.60 Å². The number of fused-ring (bicyclic) bond motifs is 3. The van der Waals surface area contributed by atoms with Crippen molar-refractivity contribution in [1.82, 2.24) is 0 Å². The van der Waals surface area contributed by atoms with Crippen LogP contribution in [0.5, 0.6) is 5.75 Å². The third kappa shape index (κ3) is 2.75.